The van der Waals surface area contributed by atoms with Crippen molar-refractivity contribution in [2.45, 2.75) is 0 Å². The minimum Gasteiger partial charge on any atom is -0.497 e. The maximum absolute atomic E-state index is 12.2. The van der Waals surface area contributed by atoms with Gasteiger partial charge in [0.25, 0.3) is 5.91 Å². The molecular weight excluding hydrogens is 362 g/mol. The molecule has 8 heteroatoms. The number of hydrogen-bond donors (Lipinski definition) is 1. The second-order valence-corrected chi connectivity index (χ2v) is 5.61. The topological polar surface area (TPSA) is 95.2 Å². The fourth-order valence-electron chi connectivity index (χ4n) is 2.37. The number of amides is 1. The van der Waals surface area contributed by atoms with E-state index in [0.29, 0.717) is 23.0 Å². The van der Waals surface area contributed by atoms with Gasteiger partial charge in [-0.2, -0.15) is 5.10 Å². The van der Waals surface area contributed by atoms with Crippen LogP contribution in [0.4, 0.5) is 0 Å². The molecule has 0 aliphatic heterocycles. The Hall–Kier alpha value is -3.81. The molecule has 0 aliphatic carbocycles. The van der Waals surface area contributed by atoms with Gasteiger partial charge in [-0.15, -0.1) is 0 Å². The van der Waals surface area contributed by atoms with Gasteiger partial charge in [0.15, 0.2) is 5.69 Å². The highest BCUT2D eigenvalue weighted by molar-refractivity contribution is 5.93. The zero-order valence-electron chi connectivity index (χ0n) is 15.6. The molecule has 1 heterocycles. The van der Waals surface area contributed by atoms with Crippen LogP contribution in [0.15, 0.2) is 58.2 Å². The SMILES string of the molecule is COc1ccc(-c2nc(C(=O)NN=Cc3cc(OC)cc(OC)c3)co2)cc1. The third-order valence-corrected chi connectivity index (χ3v) is 3.83. The molecule has 1 aromatic heterocycles. The maximum atomic E-state index is 12.2. The van der Waals surface area contributed by atoms with Crippen LogP contribution in [0.2, 0.25) is 0 Å². The Bertz CT molecular complexity index is 958. The van der Waals surface area contributed by atoms with Gasteiger partial charge in [0.1, 0.15) is 23.5 Å². The standard InChI is InChI=1S/C20H19N3O5/c1-25-15-6-4-14(5-7-15)20-22-18(12-28-20)19(24)23-21-11-13-8-16(26-2)10-17(9-13)27-3/h4-12H,1-3H3,(H,23,24). The number of aromatic nitrogens is 1. The summed E-state index contributed by atoms with van der Waals surface area (Å²) >= 11 is 0. The summed E-state index contributed by atoms with van der Waals surface area (Å²) in [6, 6.07) is 12.4. The molecule has 0 saturated carbocycles. The van der Waals surface area contributed by atoms with Gasteiger partial charge in [0.2, 0.25) is 5.89 Å². The number of oxazole rings is 1. The molecule has 0 aliphatic rings. The Morgan fingerprint density at radius 1 is 1.00 bits per heavy atom. The van der Waals surface area contributed by atoms with E-state index in [1.54, 1.807) is 63.8 Å². The Labute approximate surface area is 161 Å². The number of methoxy groups -OCH3 is 3. The van der Waals surface area contributed by atoms with E-state index in [2.05, 4.69) is 15.5 Å². The van der Waals surface area contributed by atoms with Gasteiger partial charge >= 0.3 is 0 Å². The molecule has 0 saturated heterocycles. The molecule has 1 N–H and O–H groups in total. The normalized spacial score (nSPS) is 10.7. The molecule has 144 valence electrons. The van der Waals surface area contributed by atoms with Crippen molar-refractivity contribution in [1.29, 1.82) is 0 Å². The van der Waals surface area contributed by atoms with Crippen LogP contribution in [-0.2, 0) is 0 Å². The molecule has 0 fully saturated rings. The maximum Gasteiger partial charge on any atom is 0.293 e. The van der Waals surface area contributed by atoms with E-state index in [4.69, 9.17) is 18.6 Å². The second-order valence-electron chi connectivity index (χ2n) is 5.61. The number of hydrazone groups is 1. The van der Waals surface area contributed by atoms with Crippen molar-refractivity contribution >= 4 is 12.1 Å². The van der Waals surface area contributed by atoms with E-state index in [-0.39, 0.29) is 5.69 Å². The van der Waals surface area contributed by atoms with Gasteiger partial charge < -0.3 is 18.6 Å². The van der Waals surface area contributed by atoms with E-state index in [1.165, 1.54) is 12.5 Å². The van der Waals surface area contributed by atoms with Gasteiger partial charge in [-0.05, 0) is 36.4 Å². The number of carbonyl (C=O) groups excluding carboxylic acids is 1. The first kappa shape index (κ1) is 19.0. The monoisotopic (exact) mass is 381 g/mol. The van der Waals surface area contributed by atoms with Crippen LogP contribution < -0.4 is 19.6 Å². The van der Waals surface area contributed by atoms with E-state index in [0.717, 1.165) is 11.3 Å². The van der Waals surface area contributed by atoms with Crippen LogP contribution >= 0.6 is 0 Å². The minimum absolute atomic E-state index is 0.117. The van der Waals surface area contributed by atoms with E-state index in [9.17, 15) is 4.79 Å². The molecule has 1 amide bonds. The fourth-order valence-corrected chi connectivity index (χ4v) is 2.37. The smallest absolute Gasteiger partial charge is 0.293 e. The predicted molar refractivity (Wildman–Crippen MR) is 103 cm³/mol. The van der Waals surface area contributed by atoms with Crippen molar-refractivity contribution in [3.63, 3.8) is 0 Å². The molecule has 28 heavy (non-hydrogen) atoms. The van der Waals surface area contributed by atoms with Crippen LogP contribution in [-0.4, -0.2) is 38.4 Å². The molecule has 3 aromatic rings. The third-order valence-electron chi connectivity index (χ3n) is 3.83. The minimum atomic E-state index is -0.491. The summed E-state index contributed by atoms with van der Waals surface area (Å²) in [5, 5.41) is 3.94. The van der Waals surface area contributed by atoms with Crippen LogP contribution in [0.25, 0.3) is 11.5 Å². The lowest BCUT2D eigenvalue weighted by atomic mass is 10.2. The van der Waals surface area contributed by atoms with E-state index < -0.39 is 5.91 Å². The number of hydrogen-bond acceptors (Lipinski definition) is 7. The molecular formula is C20H19N3O5. The van der Waals surface area contributed by atoms with Crippen molar-refractivity contribution in [3.8, 4) is 28.7 Å². The summed E-state index contributed by atoms with van der Waals surface area (Å²) in [6.45, 7) is 0. The molecule has 0 unspecified atom stereocenters. The van der Waals surface area contributed by atoms with Crippen molar-refractivity contribution in [1.82, 2.24) is 10.4 Å². The third kappa shape index (κ3) is 4.47. The first-order valence-electron chi connectivity index (χ1n) is 8.29. The van der Waals surface area contributed by atoms with Crippen LogP contribution in [0, 0.1) is 0 Å². The highest BCUT2D eigenvalue weighted by atomic mass is 16.5. The number of nitrogens with one attached hydrogen (secondary N) is 1. The Balaban J connectivity index is 1.67. The second kappa shape index (κ2) is 8.72. The average molecular weight is 381 g/mol. The number of nitrogens with zero attached hydrogens (tertiary/aromatic N) is 2. The van der Waals surface area contributed by atoms with Crippen molar-refractivity contribution in [2.75, 3.05) is 21.3 Å². The first-order chi connectivity index (χ1) is 13.6. The zero-order chi connectivity index (χ0) is 19.9. The highest BCUT2D eigenvalue weighted by Gasteiger charge is 2.13. The first-order valence-corrected chi connectivity index (χ1v) is 8.29. The lowest BCUT2D eigenvalue weighted by Gasteiger charge is -2.05. The fraction of sp³-hybridized carbons (Fsp3) is 0.150. The zero-order valence-corrected chi connectivity index (χ0v) is 15.6. The highest BCUT2D eigenvalue weighted by Crippen LogP contribution is 2.22. The lowest BCUT2D eigenvalue weighted by molar-refractivity contribution is 0.0950. The van der Waals surface area contributed by atoms with Gasteiger partial charge in [-0.25, -0.2) is 10.4 Å². The van der Waals surface area contributed by atoms with Crippen LogP contribution in [0.3, 0.4) is 0 Å². The number of rotatable bonds is 7. The van der Waals surface area contributed by atoms with Gasteiger partial charge in [0.05, 0.1) is 27.5 Å². The van der Waals surface area contributed by atoms with E-state index >= 15 is 0 Å². The summed E-state index contributed by atoms with van der Waals surface area (Å²) in [5.74, 6) is 1.79. The Morgan fingerprint density at radius 2 is 1.64 bits per heavy atom. The molecule has 0 spiro atoms. The molecule has 0 bridgehead atoms. The molecule has 8 nitrogen and oxygen atoms in total. The average Bonchev–Trinajstić information content (AvgIpc) is 3.24. The van der Waals surface area contributed by atoms with Crippen LogP contribution in [0.1, 0.15) is 16.1 Å². The van der Waals surface area contributed by atoms with Gasteiger partial charge in [-0.1, -0.05) is 0 Å². The van der Waals surface area contributed by atoms with Crippen molar-refractivity contribution in [2.24, 2.45) is 5.10 Å². The summed E-state index contributed by atoms with van der Waals surface area (Å²) in [5.41, 5.74) is 3.96. The van der Waals surface area contributed by atoms with E-state index in [1.807, 2.05) is 0 Å². The largest absolute Gasteiger partial charge is 0.497 e. The Morgan fingerprint density at radius 3 is 2.25 bits per heavy atom. The summed E-state index contributed by atoms with van der Waals surface area (Å²) in [4.78, 5) is 16.4. The lowest BCUT2D eigenvalue weighted by Crippen LogP contribution is -2.17. The van der Waals surface area contributed by atoms with Crippen molar-refractivity contribution in [3.05, 3.63) is 60.0 Å². The number of ether oxygens (including phenoxy) is 3. The van der Waals surface area contributed by atoms with Crippen LogP contribution in [0.5, 0.6) is 17.2 Å². The summed E-state index contributed by atoms with van der Waals surface area (Å²) in [7, 11) is 4.70. The summed E-state index contributed by atoms with van der Waals surface area (Å²) in [6.07, 6.45) is 2.76. The predicted octanol–water partition coefficient (Wildman–Crippen LogP) is 3.13. The molecule has 0 atom stereocenters. The number of carbonyl (C=O) groups is 1. The van der Waals surface area contributed by atoms with Crippen molar-refractivity contribution < 1.29 is 23.4 Å². The molecule has 0 radical (unpaired) electrons. The number of benzene rings is 2. The quantitative estimate of drug-likeness (QED) is 0.499. The van der Waals surface area contributed by atoms with Gasteiger partial charge in [-0.3, -0.25) is 4.79 Å². The van der Waals surface area contributed by atoms with Gasteiger partial charge in [0, 0.05) is 17.2 Å². The molecule has 2 aromatic carbocycles. The summed E-state index contributed by atoms with van der Waals surface area (Å²) < 4.78 is 20.9. The molecule has 3 rings (SSSR count). The Kier molecular flexibility index (Phi) is 5.91.